The molecule has 0 saturated carbocycles. The van der Waals surface area contributed by atoms with Crippen LogP contribution in [0.25, 0.3) is 6.08 Å². The molecule has 0 spiro atoms. The van der Waals surface area contributed by atoms with E-state index in [1.54, 1.807) is 36.4 Å². The van der Waals surface area contributed by atoms with Gasteiger partial charge in [0.2, 0.25) is 0 Å². The van der Waals surface area contributed by atoms with E-state index in [-0.39, 0.29) is 17.1 Å². The molecule has 0 aromatic heterocycles. The minimum Gasteiger partial charge on any atom is -0.454 e. The van der Waals surface area contributed by atoms with Crippen molar-refractivity contribution in [2.45, 2.75) is 6.18 Å². The lowest BCUT2D eigenvalue weighted by Crippen LogP contribution is -2.18. The average molecular weight is 488 g/mol. The van der Waals surface area contributed by atoms with Crippen LogP contribution in [0, 0.1) is 21.4 Å². The summed E-state index contributed by atoms with van der Waals surface area (Å²) in [4.78, 5) is 23.2. The van der Waals surface area contributed by atoms with Crippen molar-refractivity contribution in [2.24, 2.45) is 0 Å². The van der Waals surface area contributed by atoms with E-state index >= 15 is 0 Å². The van der Waals surface area contributed by atoms with E-state index in [2.05, 4.69) is 5.32 Å². The van der Waals surface area contributed by atoms with E-state index in [1.165, 1.54) is 6.20 Å². The zero-order valence-corrected chi connectivity index (χ0v) is 17.7. The number of hydrogen-bond donors (Lipinski definition) is 1. The SMILES string of the molecule is N#Cc1cc(C(F)(F)F)cc(Cl)c1Oc1ccc([N+](=O)[O-])c(C(=O)N/C=C/c2ccccc2)c1. The van der Waals surface area contributed by atoms with Crippen LogP contribution in [0.2, 0.25) is 5.02 Å². The lowest BCUT2D eigenvalue weighted by Gasteiger charge is -2.13. The van der Waals surface area contributed by atoms with Crippen molar-refractivity contribution in [2.75, 3.05) is 0 Å². The lowest BCUT2D eigenvalue weighted by molar-refractivity contribution is -0.385. The predicted octanol–water partition coefficient (Wildman–Crippen LogP) is 6.33. The number of benzene rings is 3. The van der Waals surface area contributed by atoms with Gasteiger partial charge in [0.25, 0.3) is 11.6 Å². The topological polar surface area (TPSA) is 105 Å². The first-order valence-corrected chi connectivity index (χ1v) is 9.77. The van der Waals surface area contributed by atoms with Gasteiger partial charge in [-0.3, -0.25) is 14.9 Å². The lowest BCUT2D eigenvalue weighted by atomic mass is 10.1. The zero-order valence-electron chi connectivity index (χ0n) is 17.0. The van der Waals surface area contributed by atoms with Crippen LogP contribution < -0.4 is 10.1 Å². The molecule has 0 unspecified atom stereocenters. The normalized spacial score (nSPS) is 11.1. The standard InChI is InChI=1S/C23H13ClF3N3O4/c24-19-11-16(23(25,26)27)10-15(13-28)21(19)34-17-6-7-20(30(32)33)18(12-17)22(31)29-9-8-14-4-2-1-3-5-14/h1-12H,(H,29,31)/b9-8+. The summed E-state index contributed by atoms with van der Waals surface area (Å²) >= 11 is 5.91. The molecule has 3 aromatic carbocycles. The summed E-state index contributed by atoms with van der Waals surface area (Å²) in [6.07, 6.45) is -1.86. The molecular formula is C23H13ClF3N3O4. The van der Waals surface area contributed by atoms with Crippen molar-refractivity contribution in [3.63, 3.8) is 0 Å². The number of rotatable bonds is 6. The molecule has 11 heteroatoms. The summed E-state index contributed by atoms with van der Waals surface area (Å²) in [5.74, 6) is -1.37. The molecule has 0 saturated heterocycles. The van der Waals surface area contributed by atoms with Gasteiger partial charge >= 0.3 is 6.18 Å². The van der Waals surface area contributed by atoms with E-state index in [1.807, 2.05) is 6.07 Å². The van der Waals surface area contributed by atoms with Crippen LogP contribution in [0.1, 0.15) is 27.0 Å². The quantitative estimate of drug-likeness (QED) is 0.323. The molecule has 0 aliphatic carbocycles. The van der Waals surface area contributed by atoms with Crippen molar-refractivity contribution in [1.29, 1.82) is 5.26 Å². The van der Waals surface area contributed by atoms with Gasteiger partial charge in [0, 0.05) is 18.3 Å². The van der Waals surface area contributed by atoms with Crippen molar-refractivity contribution in [3.8, 4) is 17.6 Å². The highest BCUT2D eigenvalue weighted by molar-refractivity contribution is 6.32. The van der Waals surface area contributed by atoms with E-state index < -0.39 is 38.8 Å². The third-order valence-corrected chi connectivity index (χ3v) is 4.69. The van der Waals surface area contributed by atoms with Crippen molar-refractivity contribution in [3.05, 3.63) is 104 Å². The van der Waals surface area contributed by atoms with Crippen LogP contribution in [-0.4, -0.2) is 10.8 Å². The maximum Gasteiger partial charge on any atom is 0.416 e. The first kappa shape index (κ1) is 24.3. The summed E-state index contributed by atoms with van der Waals surface area (Å²) in [7, 11) is 0. The van der Waals surface area contributed by atoms with Crippen LogP contribution >= 0.6 is 11.6 Å². The third kappa shape index (κ3) is 5.70. The molecule has 34 heavy (non-hydrogen) atoms. The van der Waals surface area contributed by atoms with Gasteiger partial charge in [-0.25, -0.2) is 0 Å². The molecule has 0 aliphatic heterocycles. The minimum atomic E-state index is -4.74. The molecule has 7 nitrogen and oxygen atoms in total. The second-order valence-electron chi connectivity index (χ2n) is 6.70. The first-order valence-electron chi connectivity index (χ1n) is 9.39. The molecule has 172 valence electrons. The number of nitrogens with zero attached hydrogens (tertiary/aromatic N) is 2. The number of nitro benzene ring substituents is 1. The Bertz CT molecular complexity index is 1320. The molecule has 0 aliphatic rings. The Labute approximate surface area is 195 Å². The van der Waals surface area contributed by atoms with Crippen LogP contribution in [0.15, 0.2) is 66.9 Å². The molecule has 0 bridgehead atoms. The largest absolute Gasteiger partial charge is 0.454 e. The molecule has 0 radical (unpaired) electrons. The highest BCUT2D eigenvalue weighted by atomic mass is 35.5. The molecule has 1 N–H and O–H groups in total. The van der Waals surface area contributed by atoms with Gasteiger partial charge in [-0.15, -0.1) is 0 Å². The van der Waals surface area contributed by atoms with Crippen molar-refractivity contribution < 1.29 is 27.6 Å². The summed E-state index contributed by atoms with van der Waals surface area (Å²) in [5, 5.41) is 22.5. The number of carbonyl (C=O) groups excluding carboxylic acids is 1. The van der Waals surface area contributed by atoms with Crippen LogP contribution in [0.3, 0.4) is 0 Å². The number of hydrogen-bond acceptors (Lipinski definition) is 5. The van der Waals surface area contributed by atoms with Gasteiger partial charge in [0.05, 0.1) is 21.1 Å². The minimum absolute atomic E-state index is 0.152. The van der Waals surface area contributed by atoms with Crippen LogP contribution in [-0.2, 0) is 6.18 Å². The monoisotopic (exact) mass is 487 g/mol. The number of nitro groups is 1. The Morgan fingerprint density at radius 1 is 1.15 bits per heavy atom. The van der Waals surface area contributed by atoms with E-state index in [0.717, 1.165) is 23.8 Å². The fourth-order valence-corrected chi connectivity index (χ4v) is 3.09. The Hall–Kier alpha value is -4.36. The Kier molecular flexibility index (Phi) is 7.18. The predicted molar refractivity (Wildman–Crippen MR) is 117 cm³/mol. The number of halogens is 4. The van der Waals surface area contributed by atoms with E-state index in [4.69, 9.17) is 16.3 Å². The van der Waals surface area contributed by atoms with E-state index in [9.17, 15) is 33.3 Å². The third-order valence-electron chi connectivity index (χ3n) is 4.41. The summed E-state index contributed by atoms with van der Waals surface area (Å²) < 4.78 is 44.4. The second kappa shape index (κ2) is 10.1. The number of alkyl halides is 3. The van der Waals surface area contributed by atoms with E-state index in [0.29, 0.717) is 12.1 Å². The Morgan fingerprint density at radius 2 is 1.85 bits per heavy atom. The number of nitrogens with one attached hydrogen (secondary N) is 1. The van der Waals surface area contributed by atoms with Gasteiger partial charge in [0.15, 0.2) is 5.75 Å². The average Bonchev–Trinajstić information content (AvgIpc) is 2.80. The first-order chi connectivity index (χ1) is 16.1. The van der Waals surface area contributed by atoms with Gasteiger partial charge < -0.3 is 10.1 Å². The summed E-state index contributed by atoms with van der Waals surface area (Å²) in [6, 6.07) is 14.8. The van der Waals surface area contributed by atoms with Gasteiger partial charge in [0.1, 0.15) is 17.4 Å². The van der Waals surface area contributed by atoms with Gasteiger partial charge in [-0.1, -0.05) is 41.9 Å². The maximum atomic E-state index is 13.0. The van der Waals surface area contributed by atoms with Crippen LogP contribution in [0.4, 0.5) is 18.9 Å². The fraction of sp³-hybridized carbons (Fsp3) is 0.0435. The van der Waals surface area contributed by atoms with Gasteiger partial charge in [-0.05, 0) is 29.8 Å². The molecule has 3 aromatic rings. The smallest absolute Gasteiger partial charge is 0.416 e. The molecular weight excluding hydrogens is 475 g/mol. The Morgan fingerprint density at radius 3 is 2.47 bits per heavy atom. The number of amides is 1. The second-order valence-corrected chi connectivity index (χ2v) is 7.11. The molecule has 0 atom stereocenters. The fourth-order valence-electron chi connectivity index (χ4n) is 2.84. The molecule has 0 fully saturated rings. The van der Waals surface area contributed by atoms with Gasteiger partial charge in [-0.2, -0.15) is 18.4 Å². The maximum absolute atomic E-state index is 13.0. The van der Waals surface area contributed by atoms with Crippen molar-refractivity contribution >= 4 is 29.3 Å². The molecule has 0 heterocycles. The number of carbonyl (C=O) groups is 1. The molecule has 3 rings (SSSR count). The Balaban J connectivity index is 1.92. The number of ether oxygens (including phenoxy) is 1. The molecule has 1 amide bonds. The highest BCUT2D eigenvalue weighted by Crippen LogP contribution is 2.39. The zero-order chi connectivity index (χ0) is 24.9. The highest BCUT2D eigenvalue weighted by Gasteiger charge is 2.32. The summed E-state index contributed by atoms with van der Waals surface area (Å²) in [6.45, 7) is 0. The van der Waals surface area contributed by atoms with Crippen molar-refractivity contribution in [1.82, 2.24) is 5.32 Å². The van der Waals surface area contributed by atoms with Crippen LogP contribution in [0.5, 0.6) is 11.5 Å². The summed E-state index contributed by atoms with van der Waals surface area (Å²) in [5.41, 5.74) is -1.78. The number of nitriles is 1.